The lowest BCUT2D eigenvalue weighted by Crippen LogP contribution is -2.41. The van der Waals surface area contributed by atoms with E-state index in [4.69, 9.17) is 0 Å². The van der Waals surface area contributed by atoms with E-state index in [0.717, 1.165) is 6.26 Å². The van der Waals surface area contributed by atoms with Gasteiger partial charge >= 0.3 is 0 Å². The first-order valence-electron chi connectivity index (χ1n) is 3.78. The molecule has 0 unspecified atom stereocenters. The first-order chi connectivity index (χ1) is 6.40. The molecule has 0 radical (unpaired) electrons. The Morgan fingerprint density at radius 2 is 2.14 bits per heavy atom. The summed E-state index contributed by atoms with van der Waals surface area (Å²) in [6.07, 6.45) is 2.65. The van der Waals surface area contributed by atoms with Gasteiger partial charge in [-0.05, 0) is 12.1 Å². The molecule has 7 heteroatoms. The maximum atomic E-state index is 11.3. The van der Waals surface area contributed by atoms with Crippen molar-refractivity contribution in [2.45, 2.75) is 0 Å². The normalized spacial score (nSPS) is 11.3. The lowest BCUT2D eigenvalue weighted by atomic mass is 10.4. The van der Waals surface area contributed by atoms with Crippen molar-refractivity contribution < 1.29 is 13.2 Å². The van der Waals surface area contributed by atoms with Crippen LogP contribution in [-0.4, -0.2) is 25.1 Å². The van der Waals surface area contributed by atoms with Gasteiger partial charge in [0.05, 0.1) is 6.26 Å². The van der Waals surface area contributed by atoms with E-state index in [1.165, 1.54) is 0 Å². The van der Waals surface area contributed by atoms with Crippen LogP contribution in [-0.2, 0) is 17.1 Å². The van der Waals surface area contributed by atoms with Gasteiger partial charge in [-0.2, -0.15) is 0 Å². The van der Waals surface area contributed by atoms with Crippen molar-refractivity contribution in [2.24, 2.45) is 7.05 Å². The van der Waals surface area contributed by atoms with Crippen LogP contribution in [0.3, 0.4) is 0 Å². The molecule has 0 atom stereocenters. The predicted molar refractivity (Wildman–Crippen MR) is 50.9 cm³/mol. The Kier molecular flexibility index (Phi) is 2.92. The van der Waals surface area contributed by atoms with E-state index < -0.39 is 15.9 Å². The Bertz CT molecular complexity index is 435. The molecule has 0 aliphatic rings. The molecule has 2 N–H and O–H groups in total. The van der Waals surface area contributed by atoms with Gasteiger partial charge in [-0.1, -0.05) is 0 Å². The standard InChI is InChI=1S/C7H11N3O3S/c1-10-5-3-4-6(10)7(11)8-9-14(2,12)13/h3-5,9H,1-2H3,(H,8,11). The Morgan fingerprint density at radius 3 is 2.57 bits per heavy atom. The first kappa shape index (κ1) is 10.7. The molecule has 0 bridgehead atoms. The molecule has 1 aromatic heterocycles. The minimum atomic E-state index is -3.41. The van der Waals surface area contributed by atoms with Crippen molar-refractivity contribution in [1.29, 1.82) is 0 Å². The maximum Gasteiger partial charge on any atom is 0.282 e. The predicted octanol–water partition coefficient (Wildman–Crippen LogP) is -0.781. The van der Waals surface area contributed by atoms with E-state index in [1.807, 2.05) is 4.83 Å². The number of hydrazine groups is 1. The zero-order valence-corrected chi connectivity index (χ0v) is 8.63. The van der Waals surface area contributed by atoms with Crippen LogP contribution in [0, 0.1) is 0 Å². The number of hydrogen-bond acceptors (Lipinski definition) is 3. The number of amides is 1. The molecule has 78 valence electrons. The zero-order valence-electron chi connectivity index (χ0n) is 7.81. The van der Waals surface area contributed by atoms with Gasteiger partial charge < -0.3 is 4.57 Å². The molecule has 14 heavy (non-hydrogen) atoms. The van der Waals surface area contributed by atoms with Crippen LogP contribution in [0.2, 0.25) is 0 Å². The van der Waals surface area contributed by atoms with Crippen LogP contribution in [0.5, 0.6) is 0 Å². The van der Waals surface area contributed by atoms with Gasteiger partial charge in [0.1, 0.15) is 5.69 Å². The average Bonchev–Trinajstić information content (AvgIpc) is 2.46. The molecule has 1 amide bonds. The average molecular weight is 217 g/mol. The van der Waals surface area contributed by atoms with E-state index in [0.29, 0.717) is 5.69 Å². The molecule has 6 nitrogen and oxygen atoms in total. The number of aromatic nitrogens is 1. The van der Waals surface area contributed by atoms with Crippen LogP contribution in [0.1, 0.15) is 10.5 Å². The monoisotopic (exact) mass is 217 g/mol. The van der Waals surface area contributed by atoms with Crippen LogP contribution >= 0.6 is 0 Å². The summed E-state index contributed by atoms with van der Waals surface area (Å²) in [4.78, 5) is 13.2. The van der Waals surface area contributed by atoms with Gasteiger partial charge in [-0.15, -0.1) is 4.83 Å². The van der Waals surface area contributed by atoms with E-state index in [1.54, 1.807) is 29.9 Å². The largest absolute Gasteiger partial charge is 0.347 e. The molecule has 1 heterocycles. The summed E-state index contributed by atoms with van der Waals surface area (Å²) < 4.78 is 22.9. The first-order valence-corrected chi connectivity index (χ1v) is 5.68. The molecule has 0 aliphatic heterocycles. The van der Waals surface area contributed by atoms with Gasteiger partial charge in [0.15, 0.2) is 0 Å². The maximum absolute atomic E-state index is 11.3. The lowest BCUT2D eigenvalue weighted by Gasteiger charge is -2.05. The second-order valence-corrected chi connectivity index (χ2v) is 4.58. The number of hydrogen-bond donors (Lipinski definition) is 2. The fourth-order valence-electron chi connectivity index (χ4n) is 0.900. The second kappa shape index (κ2) is 3.81. The molecular weight excluding hydrogens is 206 g/mol. The zero-order chi connectivity index (χ0) is 10.8. The lowest BCUT2D eigenvalue weighted by molar-refractivity contribution is 0.0937. The third kappa shape index (κ3) is 2.86. The van der Waals surface area contributed by atoms with Crippen molar-refractivity contribution in [3.63, 3.8) is 0 Å². The number of aryl methyl sites for hydroxylation is 1. The molecule has 0 fully saturated rings. The summed E-state index contributed by atoms with van der Waals surface area (Å²) in [6, 6.07) is 3.27. The van der Waals surface area contributed by atoms with Gasteiger partial charge in [-0.25, -0.2) is 8.42 Å². The molecule has 0 saturated heterocycles. The highest BCUT2D eigenvalue weighted by Gasteiger charge is 2.09. The molecular formula is C7H11N3O3S. The molecule has 0 spiro atoms. The van der Waals surface area contributed by atoms with E-state index in [9.17, 15) is 13.2 Å². The van der Waals surface area contributed by atoms with E-state index in [-0.39, 0.29) is 0 Å². The third-order valence-corrected chi connectivity index (χ3v) is 2.00. The summed E-state index contributed by atoms with van der Waals surface area (Å²) >= 11 is 0. The van der Waals surface area contributed by atoms with Crippen LogP contribution in [0.25, 0.3) is 0 Å². The fraction of sp³-hybridized carbons (Fsp3) is 0.286. The minimum Gasteiger partial charge on any atom is -0.347 e. The number of sulfonamides is 1. The van der Waals surface area contributed by atoms with E-state index >= 15 is 0 Å². The van der Waals surface area contributed by atoms with Crippen molar-refractivity contribution >= 4 is 15.9 Å². The fourth-order valence-corrected chi connectivity index (χ4v) is 1.18. The van der Waals surface area contributed by atoms with Crippen molar-refractivity contribution in [3.05, 3.63) is 24.0 Å². The van der Waals surface area contributed by atoms with Gasteiger partial charge in [0.2, 0.25) is 10.0 Å². The molecule has 0 aromatic carbocycles. The summed E-state index contributed by atoms with van der Waals surface area (Å²) in [7, 11) is -1.72. The van der Waals surface area contributed by atoms with E-state index in [2.05, 4.69) is 5.43 Å². The van der Waals surface area contributed by atoms with Crippen LogP contribution < -0.4 is 10.3 Å². The number of carbonyl (C=O) groups excluding carboxylic acids is 1. The summed E-state index contributed by atoms with van der Waals surface area (Å²) in [5, 5.41) is 0. The molecule has 1 rings (SSSR count). The second-order valence-electron chi connectivity index (χ2n) is 2.83. The number of nitrogens with one attached hydrogen (secondary N) is 2. The third-order valence-electron chi connectivity index (χ3n) is 1.53. The Labute approximate surface area is 81.9 Å². The van der Waals surface area contributed by atoms with Crippen LogP contribution in [0.4, 0.5) is 0 Å². The van der Waals surface area contributed by atoms with Crippen LogP contribution in [0.15, 0.2) is 18.3 Å². The summed E-state index contributed by atoms with van der Waals surface area (Å²) in [5.41, 5.74) is 2.44. The number of carbonyl (C=O) groups is 1. The molecule has 0 aliphatic carbocycles. The SMILES string of the molecule is Cn1cccc1C(=O)NNS(C)(=O)=O. The summed E-state index contributed by atoms with van der Waals surface area (Å²) in [5.74, 6) is -0.497. The van der Waals surface area contributed by atoms with Gasteiger partial charge in [0, 0.05) is 13.2 Å². The topological polar surface area (TPSA) is 80.2 Å². The van der Waals surface area contributed by atoms with Crippen molar-refractivity contribution in [2.75, 3.05) is 6.26 Å². The van der Waals surface area contributed by atoms with Gasteiger partial charge in [-0.3, -0.25) is 10.2 Å². The Balaban J connectivity index is 2.65. The van der Waals surface area contributed by atoms with Gasteiger partial charge in [0.25, 0.3) is 5.91 Å². The minimum absolute atomic E-state index is 0.376. The number of nitrogens with zero attached hydrogens (tertiary/aromatic N) is 1. The Morgan fingerprint density at radius 1 is 1.50 bits per heavy atom. The summed E-state index contributed by atoms with van der Waals surface area (Å²) in [6.45, 7) is 0. The molecule has 0 saturated carbocycles. The highest BCUT2D eigenvalue weighted by Crippen LogP contribution is 1.97. The quantitative estimate of drug-likeness (QED) is 0.652. The highest BCUT2D eigenvalue weighted by atomic mass is 32.2. The highest BCUT2D eigenvalue weighted by molar-refractivity contribution is 7.88. The number of rotatable bonds is 3. The smallest absolute Gasteiger partial charge is 0.282 e. The van der Waals surface area contributed by atoms with Crippen molar-refractivity contribution in [1.82, 2.24) is 14.8 Å². The Hall–Kier alpha value is -1.34. The van der Waals surface area contributed by atoms with Crippen molar-refractivity contribution in [3.8, 4) is 0 Å². The molecule has 1 aromatic rings.